The molecule has 0 bridgehead atoms. The summed E-state index contributed by atoms with van der Waals surface area (Å²) >= 11 is 1.39. The van der Waals surface area contributed by atoms with E-state index in [1.165, 1.54) is 17.3 Å². The first kappa shape index (κ1) is 22.3. The Bertz CT molecular complexity index is 865. The highest BCUT2D eigenvalue weighted by Gasteiger charge is 2.23. The second kappa shape index (κ2) is 10.6. The molecule has 0 aliphatic carbocycles. The number of likely N-dealkylation sites (tertiary alicyclic amines) is 1. The summed E-state index contributed by atoms with van der Waals surface area (Å²) in [4.78, 5) is 26.8. The van der Waals surface area contributed by atoms with Gasteiger partial charge in [-0.2, -0.15) is 0 Å². The third-order valence-electron chi connectivity index (χ3n) is 5.39. The van der Waals surface area contributed by atoms with Crippen LogP contribution in [0.4, 0.5) is 5.69 Å². The number of nitrogens with zero attached hydrogens (tertiary/aromatic N) is 4. The van der Waals surface area contributed by atoms with Crippen molar-refractivity contribution in [3.8, 4) is 0 Å². The summed E-state index contributed by atoms with van der Waals surface area (Å²) in [6, 6.07) is 7.91. The molecule has 1 saturated heterocycles. The number of benzene rings is 1. The third-order valence-corrected chi connectivity index (χ3v) is 6.47. The Morgan fingerprint density at radius 3 is 2.63 bits per heavy atom. The molecule has 1 atom stereocenters. The lowest BCUT2D eigenvalue weighted by molar-refractivity contribution is -0.131. The quantitative estimate of drug-likeness (QED) is 0.644. The second-order valence-corrected chi connectivity index (χ2v) is 8.88. The number of aromatic nitrogens is 3. The van der Waals surface area contributed by atoms with Crippen LogP contribution in [0.1, 0.15) is 57.8 Å². The maximum atomic E-state index is 12.6. The van der Waals surface area contributed by atoms with E-state index in [9.17, 15) is 9.59 Å². The van der Waals surface area contributed by atoms with Crippen molar-refractivity contribution in [3.05, 3.63) is 35.7 Å². The van der Waals surface area contributed by atoms with Crippen molar-refractivity contribution < 1.29 is 9.59 Å². The minimum Gasteiger partial charge on any atom is -0.335 e. The standard InChI is InChI=1S/C22H31N5O2S/c1-4-17-10-12-18(13-11-17)23-21(29)16(3)30-22-25-24-19(27(22)5-2)15-26-14-8-6-7-9-20(26)28/h10-13,16H,4-9,14-15H2,1-3H3,(H,23,29)/t16-/m0/s1. The summed E-state index contributed by atoms with van der Waals surface area (Å²) in [6.45, 7) is 7.94. The van der Waals surface area contributed by atoms with Crippen LogP contribution in [-0.4, -0.2) is 43.3 Å². The van der Waals surface area contributed by atoms with Gasteiger partial charge in [-0.1, -0.05) is 37.2 Å². The van der Waals surface area contributed by atoms with Gasteiger partial charge in [-0.05, 0) is 50.8 Å². The summed E-state index contributed by atoms with van der Waals surface area (Å²) in [5, 5.41) is 12.0. The van der Waals surface area contributed by atoms with Gasteiger partial charge >= 0.3 is 0 Å². The Labute approximate surface area is 182 Å². The molecule has 1 aliphatic rings. The van der Waals surface area contributed by atoms with E-state index < -0.39 is 0 Å². The van der Waals surface area contributed by atoms with Crippen molar-refractivity contribution in [1.29, 1.82) is 0 Å². The number of anilines is 1. The Kier molecular flexibility index (Phi) is 7.90. The average molecular weight is 430 g/mol. The van der Waals surface area contributed by atoms with Crippen LogP contribution in [0, 0.1) is 0 Å². The lowest BCUT2D eigenvalue weighted by atomic mass is 10.1. The van der Waals surface area contributed by atoms with E-state index in [-0.39, 0.29) is 17.1 Å². The highest BCUT2D eigenvalue weighted by Crippen LogP contribution is 2.24. The van der Waals surface area contributed by atoms with Crippen molar-refractivity contribution >= 4 is 29.3 Å². The van der Waals surface area contributed by atoms with Crippen LogP contribution in [0.15, 0.2) is 29.4 Å². The van der Waals surface area contributed by atoms with Crippen LogP contribution in [0.25, 0.3) is 0 Å². The predicted molar refractivity (Wildman–Crippen MR) is 119 cm³/mol. The Morgan fingerprint density at radius 1 is 1.17 bits per heavy atom. The first-order chi connectivity index (χ1) is 14.5. The number of carbonyl (C=O) groups is 2. The molecule has 1 aromatic heterocycles. The Morgan fingerprint density at radius 2 is 1.93 bits per heavy atom. The van der Waals surface area contributed by atoms with Crippen molar-refractivity contribution in [3.63, 3.8) is 0 Å². The second-order valence-electron chi connectivity index (χ2n) is 7.57. The minimum absolute atomic E-state index is 0.0702. The van der Waals surface area contributed by atoms with E-state index in [2.05, 4.69) is 22.4 Å². The summed E-state index contributed by atoms with van der Waals surface area (Å²) in [5.41, 5.74) is 2.03. The van der Waals surface area contributed by atoms with Gasteiger partial charge in [0.15, 0.2) is 11.0 Å². The first-order valence-electron chi connectivity index (χ1n) is 10.8. The van der Waals surface area contributed by atoms with Crippen molar-refractivity contribution in [2.24, 2.45) is 0 Å². The molecule has 0 radical (unpaired) electrons. The molecular weight excluding hydrogens is 398 g/mol. The lowest BCUT2D eigenvalue weighted by Gasteiger charge is -2.20. The Balaban J connectivity index is 1.63. The van der Waals surface area contributed by atoms with Gasteiger partial charge in [-0.25, -0.2) is 0 Å². The van der Waals surface area contributed by atoms with Gasteiger partial charge in [0, 0.05) is 25.2 Å². The summed E-state index contributed by atoms with van der Waals surface area (Å²) in [6.07, 6.45) is 4.67. The van der Waals surface area contributed by atoms with Crippen LogP contribution in [-0.2, 0) is 29.1 Å². The highest BCUT2D eigenvalue weighted by atomic mass is 32.2. The molecule has 162 valence electrons. The fourth-order valence-electron chi connectivity index (χ4n) is 3.50. The van der Waals surface area contributed by atoms with E-state index in [1.807, 2.05) is 47.6 Å². The molecule has 2 amide bonds. The number of aryl methyl sites for hydroxylation is 1. The molecule has 7 nitrogen and oxygen atoms in total. The van der Waals surface area contributed by atoms with Crippen molar-refractivity contribution in [1.82, 2.24) is 19.7 Å². The minimum atomic E-state index is -0.321. The molecule has 0 saturated carbocycles. The van der Waals surface area contributed by atoms with Crippen molar-refractivity contribution in [2.45, 2.75) is 76.4 Å². The van der Waals surface area contributed by atoms with Crippen LogP contribution in [0.2, 0.25) is 0 Å². The number of thioether (sulfide) groups is 1. The maximum Gasteiger partial charge on any atom is 0.237 e. The van der Waals surface area contributed by atoms with E-state index in [1.54, 1.807) is 0 Å². The molecule has 1 fully saturated rings. The molecule has 30 heavy (non-hydrogen) atoms. The van der Waals surface area contributed by atoms with Gasteiger partial charge < -0.3 is 14.8 Å². The molecule has 3 rings (SSSR count). The lowest BCUT2D eigenvalue weighted by Crippen LogP contribution is -2.31. The van der Waals surface area contributed by atoms with Crippen LogP contribution in [0.5, 0.6) is 0 Å². The number of rotatable bonds is 8. The van der Waals surface area contributed by atoms with E-state index in [0.717, 1.165) is 43.7 Å². The summed E-state index contributed by atoms with van der Waals surface area (Å²) in [5.74, 6) is 0.895. The van der Waals surface area contributed by atoms with E-state index >= 15 is 0 Å². The zero-order valence-corrected chi connectivity index (χ0v) is 18.9. The third kappa shape index (κ3) is 5.62. The largest absolute Gasteiger partial charge is 0.335 e. The summed E-state index contributed by atoms with van der Waals surface area (Å²) < 4.78 is 2.00. The van der Waals surface area contributed by atoms with Gasteiger partial charge in [-0.3, -0.25) is 9.59 Å². The van der Waals surface area contributed by atoms with Gasteiger partial charge in [0.2, 0.25) is 11.8 Å². The Hall–Kier alpha value is -2.35. The number of nitrogens with one attached hydrogen (secondary N) is 1. The topological polar surface area (TPSA) is 80.1 Å². The van der Waals surface area contributed by atoms with E-state index in [4.69, 9.17) is 0 Å². The number of amides is 2. The molecule has 2 heterocycles. The summed E-state index contributed by atoms with van der Waals surface area (Å²) in [7, 11) is 0. The van der Waals surface area contributed by atoms with Crippen LogP contribution < -0.4 is 5.32 Å². The monoisotopic (exact) mass is 429 g/mol. The predicted octanol–water partition coefficient (Wildman–Crippen LogP) is 3.88. The smallest absolute Gasteiger partial charge is 0.237 e. The average Bonchev–Trinajstić information content (AvgIpc) is 3.01. The van der Waals surface area contributed by atoms with Gasteiger partial charge in [0.25, 0.3) is 0 Å². The molecule has 0 spiro atoms. The fourth-order valence-corrected chi connectivity index (χ4v) is 4.43. The van der Waals surface area contributed by atoms with E-state index in [0.29, 0.717) is 24.7 Å². The number of hydrogen-bond acceptors (Lipinski definition) is 5. The maximum absolute atomic E-state index is 12.6. The highest BCUT2D eigenvalue weighted by molar-refractivity contribution is 8.00. The number of carbonyl (C=O) groups excluding carboxylic acids is 2. The normalized spacial score (nSPS) is 15.7. The molecular formula is C22H31N5O2S. The van der Waals surface area contributed by atoms with Crippen LogP contribution >= 0.6 is 11.8 Å². The van der Waals surface area contributed by atoms with Gasteiger partial charge in [0.05, 0.1) is 11.8 Å². The molecule has 1 aromatic carbocycles. The molecule has 0 unspecified atom stereocenters. The van der Waals surface area contributed by atoms with Crippen LogP contribution in [0.3, 0.4) is 0 Å². The molecule has 2 aromatic rings. The van der Waals surface area contributed by atoms with Crippen molar-refractivity contribution in [2.75, 3.05) is 11.9 Å². The van der Waals surface area contributed by atoms with Gasteiger partial charge in [-0.15, -0.1) is 10.2 Å². The zero-order valence-electron chi connectivity index (χ0n) is 18.1. The zero-order chi connectivity index (χ0) is 21.5. The number of hydrogen-bond donors (Lipinski definition) is 1. The van der Waals surface area contributed by atoms with Gasteiger partial charge in [0.1, 0.15) is 0 Å². The first-order valence-corrected chi connectivity index (χ1v) is 11.7. The molecule has 1 N–H and O–H groups in total. The molecule has 8 heteroatoms. The fraction of sp³-hybridized carbons (Fsp3) is 0.545. The SMILES string of the molecule is CCc1ccc(NC(=O)[C@H](C)Sc2nnc(CN3CCCCCC3=O)n2CC)cc1. The molecule has 1 aliphatic heterocycles.